The summed E-state index contributed by atoms with van der Waals surface area (Å²) in [7, 11) is -4.26. The van der Waals surface area contributed by atoms with Crippen LogP contribution in [-0.2, 0) is 24.5 Å². The second-order valence-electron chi connectivity index (χ2n) is 14.3. The minimum atomic E-state index is -4.26. The highest BCUT2D eigenvalue weighted by Crippen LogP contribution is 2.67. The van der Waals surface area contributed by atoms with E-state index in [-0.39, 0.29) is 44.7 Å². The van der Waals surface area contributed by atoms with Crippen molar-refractivity contribution in [3.8, 4) is 0 Å². The Bertz CT molecular complexity index is 1320. The van der Waals surface area contributed by atoms with Gasteiger partial charge in [0.2, 0.25) is 5.91 Å². The van der Waals surface area contributed by atoms with Crippen LogP contribution in [0.15, 0.2) is 16.3 Å². The molecular formula is C31H43NO6S2. The third-order valence-electron chi connectivity index (χ3n) is 12.1. The topological polar surface area (TPSA) is 118 Å². The summed E-state index contributed by atoms with van der Waals surface area (Å²) >= 11 is 1.03. The van der Waals surface area contributed by atoms with E-state index in [1.165, 1.54) is 6.07 Å². The smallest absolute Gasteiger partial charge is 0.304 e. The summed E-state index contributed by atoms with van der Waals surface area (Å²) in [5.41, 5.74) is 0.129. The minimum absolute atomic E-state index is 0.0112. The summed E-state index contributed by atoms with van der Waals surface area (Å²) in [4.78, 5) is 40.0. The highest BCUT2D eigenvalue weighted by Gasteiger charge is 2.63. The third-order valence-corrected chi connectivity index (χ3v) is 14.6. The first kappa shape index (κ1) is 28.5. The Morgan fingerprint density at radius 1 is 1.05 bits per heavy atom. The second-order valence-corrected chi connectivity index (χ2v) is 17.0. The van der Waals surface area contributed by atoms with Crippen LogP contribution in [0.4, 0.5) is 0 Å². The molecule has 9 atom stereocenters. The monoisotopic (exact) mass is 589 g/mol. The number of Topliss-reactive ketones (excluding diaryl/α,β-unsaturated/α-hetero) is 2. The second kappa shape index (κ2) is 10.0. The zero-order chi connectivity index (χ0) is 28.6. The summed E-state index contributed by atoms with van der Waals surface area (Å²) in [6, 6.07) is 2.89. The fraction of sp³-hybridized carbons (Fsp3) is 0.774. The summed E-state index contributed by atoms with van der Waals surface area (Å²) in [6.07, 6.45) is 9.32. The van der Waals surface area contributed by atoms with Gasteiger partial charge in [-0.3, -0.25) is 18.9 Å². The Hall–Kier alpha value is -1.58. The number of nitrogens with one attached hydrogen (secondary N) is 1. The number of hydrogen-bond donors (Lipinski definition) is 2. The van der Waals surface area contributed by atoms with Crippen LogP contribution in [0.2, 0.25) is 0 Å². The standard InChI is InChI=1S/C31H43NO6S2/c1-17(14-26(35)32-29(18-4-5-18)25-8-9-27(39-25)40(36,37)38)21-6-7-22-28-23(11-13-31(21,22)3)30(2)12-10-20(33)15-19(30)16-24(28)34/h8-9,17-19,21-23,28-29H,4-7,10-16H2,1-3H3,(H,32,35)(H,36,37,38)/t17-,19?,21?,22+,23+,28?,29?,30?,31?/m1/s1. The molecule has 40 heavy (non-hydrogen) atoms. The molecule has 2 N–H and O–H groups in total. The predicted molar refractivity (Wildman–Crippen MR) is 152 cm³/mol. The quantitative estimate of drug-likeness (QED) is 0.377. The average Bonchev–Trinajstić information content (AvgIpc) is 3.46. The maximum absolute atomic E-state index is 13.6. The molecule has 9 heteroatoms. The van der Waals surface area contributed by atoms with Gasteiger partial charge in [0.1, 0.15) is 15.8 Å². The Morgan fingerprint density at radius 2 is 1.77 bits per heavy atom. The van der Waals surface area contributed by atoms with Crippen LogP contribution in [0.25, 0.3) is 0 Å². The molecule has 0 aromatic carbocycles. The van der Waals surface area contributed by atoms with Gasteiger partial charge >= 0.3 is 10.1 Å². The number of carbonyl (C=O) groups excluding carboxylic acids is 3. The van der Waals surface area contributed by atoms with Crippen molar-refractivity contribution in [2.75, 3.05) is 0 Å². The molecule has 6 unspecified atom stereocenters. The van der Waals surface area contributed by atoms with Gasteiger partial charge in [-0.2, -0.15) is 8.42 Å². The number of thiophene rings is 1. The van der Waals surface area contributed by atoms with Gasteiger partial charge in [0, 0.05) is 36.5 Å². The van der Waals surface area contributed by atoms with Gasteiger partial charge in [-0.1, -0.05) is 20.8 Å². The molecule has 220 valence electrons. The molecule has 0 radical (unpaired) electrons. The highest BCUT2D eigenvalue weighted by molar-refractivity contribution is 7.88. The lowest BCUT2D eigenvalue weighted by Crippen LogP contribution is -2.57. The van der Waals surface area contributed by atoms with E-state index in [9.17, 15) is 27.4 Å². The van der Waals surface area contributed by atoms with E-state index in [1.807, 2.05) is 0 Å². The van der Waals surface area contributed by atoms with E-state index in [1.54, 1.807) is 6.07 Å². The van der Waals surface area contributed by atoms with E-state index < -0.39 is 10.1 Å². The normalized spacial score (nSPS) is 39.1. The SMILES string of the molecule is C[C@H](CC(=O)NC(c1ccc(S(=O)(=O)O)s1)C1CC1)C1CC[C@H]2C3C(=O)CC4CC(=O)CCC4(C)[C@H]3CCC12C. The minimum Gasteiger partial charge on any atom is -0.348 e. The molecule has 0 aliphatic heterocycles. The van der Waals surface area contributed by atoms with Crippen LogP contribution in [0, 0.1) is 52.3 Å². The van der Waals surface area contributed by atoms with Crippen molar-refractivity contribution in [3.05, 3.63) is 17.0 Å². The molecule has 1 amide bonds. The van der Waals surface area contributed by atoms with Crippen LogP contribution in [0.1, 0.15) is 102 Å². The van der Waals surface area contributed by atoms with Gasteiger partial charge in [0.25, 0.3) is 0 Å². The molecule has 5 saturated carbocycles. The Labute approximate surface area is 242 Å². The third kappa shape index (κ3) is 4.81. The molecule has 0 bridgehead atoms. The first-order valence-electron chi connectivity index (χ1n) is 15.2. The lowest BCUT2D eigenvalue weighted by atomic mass is 9.44. The van der Waals surface area contributed by atoms with Crippen LogP contribution >= 0.6 is 11.3 Å². The maximum atomic E-state index is 13.6. The zero-order valence-corrected chi connectivity index (χ0v) is 25.5. The largest absolute Gasteiger partial charge is 0.348 e. The number of amides is 1. The van der Waals surface area contributed by atoms with Crippen molar-refractivity contribution in [2.45, 2.75) is 102 Å². The first-order valence-corrected chi connectivity index (χ1v) is 17.5. The van der Waals surface area contributed by atoms with Gasteiger partial charge in [0.15, 0.2) is 0 Å². The molecule has 0 spiro atoms. The van der Waals surface area contributed by atoms with Gasteiger partial charge in [-0.25, -0.2) is 0 Å². The fourth-order valence-corrected chi connectivity index (χ4v) is 11.7. The van der Waals surface area contributed by atoms with Crippen molar-refractivity contribution < 1.29 is 27.4 Å². The Kier molecular flexibility index (Phi) is 7.14. The lowest BCUT2D eigenvalue weighted by Gasteiger charge is -2.59. The van der Waals surface area contributed by atoms with Crippen molar-refractivity contribution in [3.63, 3.8) is 0 Å². The van der Waals surface area contributed by atoms with Crippen molar-refractivity contribution in [1.82, 2.24) is 5.32 Å². The number of ketones is 2. The van der Waals surface area contributed by atoms with E-state index in [2.05, 4.69) is 26.1 Å². The number of rotatable bonds is 7. The van der Waals surface area contributed by atoms with Gasteiger partial charge in [-0.05, 0) is 103 Å². The predicted octanol–water partition coefficient (Wildman–Crippen LogP) is 6.00. The van der Waals surface area contributed by atoms with E-state index in [4.69, 9.17) is 0 Å². The molecule has 6 rings (SSSR count). The van der Waals surface area contributed by atoms with E-state index in [0.717, 1.165) is 61.2 Å². The van der Waals surface area contributed by atoms with Crippen LogP contribution in [0.5, 0.6) is 0 Å². The summed E-state index contributed by atoms with van der Waals surface area (Å²) in [5.74, 6) is 2.59. The molecule has 5 aliphatic carbocycles. The molecule has 7 nitrogen and oxygen atoms in total. The molecule has 5 aliphatic rings. The zero-order valence-electron chi connectivity index (χ0n) is 23.9. The van der Waals surface area contributed by atoms with Crippen LogP contribution in [0.3, 0.4) is 0 Å². The average molecular weight is 590 g/mol. The van der Waals surface area contributed by atoms with Crippen molar-refractivity contribution in [1.29, 1.82) is 0 Å². The molecule has 1 aromatic rings. The summed E-state index contributed by atoms with van der Waals surface area (Å²) in [5, 5.41) is 3.20. The first-order chi connectivity index (χ1) is 18.8. The van der Waals surface area contributed by atoms with E-state index >= 15 is 0 Å². The lowest BCUT2D eigenvalue weighted by molar-refractivity contribution is -0.159. The molecule has 5 fully saturated rings. The maximum Gasteiger partial charge on any atom is 0.304 e. The molecule has 1 heterocycles. The van der Waals surface area contributed by atoms with Gasteiger partial charge in [0.05, 0.1) is 6.04 Å². The van der Waals surface area contributed by atoms with Crippen molar-refractivity contribution in [2.24, 2.45) is 52.3 Å². The molecular weight excluding hydrogens is 546 g/mol. The molecule has 1 aromatic heterocycles. The van der Waals surface area contributed by atoms with Crippen molar-refractivity contribution >= 4 is 38.9 Å². The highest BCUT2D eigenvalue weighted by atomic mass is 32.3. The van der Waals surface area contributed by atoms with Gasteiger partial charge in [-0.15, -0.1) is 11.3 Å². The van der Waals surface area contributed by atoms with Gasteiger partial charge < -0.3 is 5.32 Å². The van der Waals surface area contributed by atoms with Crippen LogP contribution in [-0.4, -0.2) is 30.4 Å². The molecule has 0 saturated heterocycles. The fourth-order valence-electron chi connectivity index (χ4n) is 9.86. The summed E-state index contributed by atoms with van der Waals surface area (Å²) in [6.45, 7) is 6.92. The number of fused-ring (bicyclic) bond motifs is 5. The summed E-state index contributed by atoms with van der Waals surface area (Å²) < 4.78 is 32.5. The Balaban J connectivity index is 1.14. The van der Waals surface area contributed by atoms with Crippen LogP contribution < -0.4 is 5.32 Å². The van der Waals surface area contributed by atoms with E-state index in [0.29, 0.717) is 60.9 Å². The number of carbonyl (C=O) groups is 3. The number of hydrogen-bond acceptors (Lipinski definition) is 6. The Morgan fingerprint density at radius 3 is 2.45 bits per heavy atom.